The largest absolute Gasteiger partial charge is 0.462 e. The van der Waals surface area contributed by atoms with Gasteiger partial charge in [0.15, 0.2) is 5.16 Å². The number of rotatable bonds is 7. The van der Waals surface area contributed by atoms with Crippen LogP contribution >= 0.6 is 23.1 Å². The van der Waals surface area contributed by atoms with Gasteiger partial charge in [0.05, 0.1) is 28.8 Å². The third-order valence-corrected chi connectivity index (χ3v) is 7.44. The van der Waals surface area contributed by atoms with Gasteiger partial charge in [-0.05, 0) is 57.7 Å². The zero-order valence-electron chi connectivity index (χ0n) is 18.3. The number of amides is 1. The number of fused-ring (bicyclic) bond motifs is 2. The Morgan fingerprint density at radius 2 is 2.06 bits per heavy atom. The minimum Gasteiger partial charge on any atom is -0.462 e. The Kier molecular flexibility index (Phi) is 6.66. The highest BCUT2D eigenvalue weighted by molar-refractivity contribution is 7.99. The van der Waals surface area contributed by atoms with Gasteiger partial charge in [0, 0.05) is 10.9 Å². The molecule has 0 atom stereocenters. The van der Waals surface area contributed by atoms with E-state index in [1.807, 2.05) is 26.0 Å². The van der Waals surface area contributed by atoms with E-state index in [1.165, 1.54) is 23.1 Å². The van der Waals surface area contributed by atoms with Crippen LogP contribution in [0.4, 0.5) is 5.00 Å². The molecule has 0 aliphatic heterocycles. The number of carbonyl (C=O) groups is 2. The quantitative estimate of drug-likeness (QED) is 0.311. The smallest absolute Gasteiger partial charge is 0.341 e. The van der Waals surface area contributed by atoms with E-state index in [0.29, 0.717) is 26.6 Å². The Hall–Kier alpha value is -2.65. The average Bonchev–Trinajstić information content (AvgIpc) is 3.33. The van der Waals surface area contributed by atoms with Crippen molar-refractivity contribution in [3.8, 4) is 0 Å². The predicted octanol–water partition coefficient (Wildman–Crippen LogP) is 4.44. The van der Waals surface area contributed by atoms with Crippen molar-refractivity contribution in [2.75, 3.05) is 17.7 Å². The summed E-state index contributed by atoms with van der Waals surface area (Å²) in [6.45, 7) is 5.89. The molecule has 168 valence electrons. The third kappa shape index (κ3) is 4.31. The molecule has 0 fully saturated rings. The van der Waals surface area contributed by atoms with Crippen molar-refractivity contribution in [1.82, 2.24) is 9.55 Å². The van der Waals surface area contributed by atoms with Gasteiger partial charge in [-0.1, -0.05) is 23.9 Å². The van der Waals surface area contributed by atoms with Crippen LogP contribution in [0, 0.1) is 0 Å². The van der Waals surface area contributed by atoms with Crippen molar-refractivity contribution in [3.05, 3.63) is 50.6 Å². The molecule has 2 heterocycles. The van der Waals surface area contributed by atoms with Gasteiger partial charge in [-0.15, -0.1) is 11.3 Å². The van der Waals surface area contributed by atoms with E-state index < -0.39 is 0 Å². The summed E-state index contributed by atoms with van der Waals surface area (Å²) in [4.78, 5) is 44.0. The second-order valence-electron chi connectivity index (χ2n) is 7.80. The van der Waals surface area contributed by atoms with Crippen LogP contribution in [-0.4, -0.2) is 33.8 Å². The van der Waals surface area contributed by atoms with Crippen LogP contribution in [0.2, 0.25) is 0 Å². The normalized spacial score (nSPS) is 12.9. The number of hydrogen-bond acceptors (Lipinski definition) is 7. The van der Waals surface area contributed by atoms with Gasteiger partial charge in [0.2, 0.25) is 5.91 Å². The van der Waals surface area contributed by atoms with Gasteiger partial charge in [-0.25, -0.2) is 9.78 Å². The molecule has 1 amide bonds. The monoisotopic (exact) mass is 471 g/mol. The molecule has 32 heavy (non-hydrogen) atoms. The van der Waals surface area contributed by atoms with Crippen LogP contribution in [0.15, 0.2) is 34.2 Å². The highest BCUT2D eigenvalue weighted by Gasteiger charge is 2.28. The summed E-state index contributed by atoms with van der Waals surface area (Å²) in [7, 11) is 0. The molecule has 1 N–H and O–H groups in total. The minimum absolute atomic E-state index is 0.0718. The fourth-order valence-corrected chi connectivity index (χ4v) is 6.11. The molecule has 7 nitrogen and oxygen atoms in total. The van der Waals surface area contributed by atoms with Crippen LogP contribution in [0.5, 0.6) is 0 Å². The van der Waals surface area contributed by atoms with Crippen molar-refractivity contribution in [2.24, 2.45) is 0 Å². The summed E-state index contributed by atoms with van der Waals surface area (Å²) in [5, 5.41) is 4.50. The molecule has 4 rings (SSSR count). The van der Waals surface area contributed by atoms with E-state index in [4.69, 9.17) is 4.74 Å². The number of benzene rings is 1. The Bertz CT molecular complexity index is 1250. The first-order valence-corrected chi connectivity index (χ1v) is 12.5. The molecule has 0 saturated carbocycles. The van der Waals surface area contributed by atoms with E-state index in [0.717, 1.165) is 29.7 Å². The van der Waals surface area contributed by atoms with Crippen LogP contribution in [0.25, 0.3) is 10.9 Å². The lowest BCUT2D eigenvalue weighted by molar-refractivity contribution is -0.113. The molecule has 9 heteroatoms. The first-order chi connectivity index (χ1) is 15.4. The lowest BCUT2D eigenvalue weighted by Crippen LogP contribution is -2.25. The SMILES string of the molecule is CCOC(=O)c1c(NC(=O)CSc2nc3ccccc3c(=O)n2C(C)C)sc2c1CCC2. The number of esters is 1. The standard InChI is InChI=1S/C23H25N3O4S2/c1-4-30-22(29)19-15-9-7-11-17(15)32-20(19)25-18(27)12-31-23-24-16-10-6-5-8-14(16)21(28)26(23)13(2)3/h5-6,8,10,13H,4,7,9,11-12H2,1-3H3,(H,25,27). The molecule has 0 radical (unpaired) electrons. The molecule has 0 bridgehead atoms. The molecule has 0 saturated heterocycles. The van der Waals surface area contributed by atoms with Gasteiger partial charge in [-0.2, -0.15) is 0 Å². The zero-order valence-corrected chi connectivity index (χ0v) is 19.9. The molecule has 1 aromatic carbocycles. The Morgan fingerprint density at radius 1 is 1.28 bits per heavy atom. The summed E-state index contributed by atoms with van der Waals surface area (Å²) >= 11 is 2.67. The molecule has 1 aliphatic rings. The summed E-state index contributed by atoms with van der Waals surface area (Å²) < 4.78 is 6.84. The van der Waals surface area contributed by atoms with E-state index in [2.05, 4.69) is 10.3 Å². The van der Waals surface area contributed by atoms with Crippen molar-refractivity contribution >= 4 is 50.9 Å². The zero-order chi connectivity index (χ0) is 22.8. The van der Waals surface area contributed by atoms with Gasteiger partial charge >= 0.3 is 5.97 Å². The number of ether oxygens (including phenoxy) is 1. The predicted molar refractivity (Wildman–Crippen MR) is 128 cm³/mol. The maximum Gasteiger partial charge on any atom is 0.341 e. The molecule has 0 unspecified atom stereocenters. The number of aryl methyl sites for hydroxylation is 1. The Balaban J connectivity index is 1.56. The number of nitrogens with zero attached hydrogens (tertiary/aromatic N) is 2. The van der Waals surface area contributed by atoms with Gasteiger partial charge in [0.1, 0.15) is 5.00 Å². The van der Waals surface area contributed by atoms with E-state index in [1.54, 1.807) is 23.6 Å². The number of nitrogens with one attached hydrogen (secondary N) is 1. The molecule has 0 spiro atoms. The average molecular weight is 472 g/mol. The molecule has 2 aromatic heterocycles. The Morgan fingerprint density at radius 3 is 2.81 bits per heavy atom. The fraction of sp³-hybridized carbons (Fsp3) is 0.391. The third-order valence-electron chi connectivity index (χ3n) is 5.28. The number of para-hydroxylation sites is 1. The van der Waals surface area contributed by atoms with E-state index in [-0.39, 0.29) is 35.8 Å². The van der Waals surface area contributed by atoms with Crippen molar-refractivity contribution in [2.45, 2.75) is 51.2 Å². The van der Waals surface area contributed by atoms with Crippen molar-refractivity contribution in [1.29, 1.82) is 0 Å². The van der Waals surface area contributed by atoms with Crippen LogP contribution < -0.4 is 10.9 Å². The van der Waals surface area contributed by atoms with Crippen LogP contribution in [-0.2, 0) is 22.4 Å². The summed E-state index contributed by atoms with van der Waals surface area (Å²) in [5.41, 5.74) is 1.98. The number of hydrogen-bond donors (Lipinski definition) is 1. The number of carbonyl (C=O) groups excluding carboxylic acids is 2. The molecular formula is C23H25N3O4S2. The maximum absolute atomic E-state index is 12.9. The molecular weight excluding hydrogens is 446 g/mol. The lowest BCUT2D eigenvalue weighted by atomic mass is 10.1. The number of thioether (sulfide) groups is 1. The number of aromatic nitrogens is 2. The van der Waals surface area contributed by atoms with Crippen LogP contribution in [0.1, 0.15) is 54.0 Å². The topological polar surface area (TPSA) is 90.3 Å². The first kappa shape index (κ1) is 22.5. The second kappa shape index (κ2) is 9.46. The van der Waals surface area contributed by atoms with E-state index >= 15 is 0 Å². The number of anilines is 1. The van der Waals surface area contributed by atoms with Crippen molar-refractivity contribution in [3.63, 3.8) is 0 Å². The van der Waals surface area contributed by atoms with Gasteiger partial charge < -0.3 is 10.1 Å². The number of thiophene rings is 1. The summed E-state index contributed by atoms with van der Waals surface area (Å²) in [6, 6.07) is 7.11. The van der Waals surface area contributed by atoms with Gasteiger partial charge in [-0.3, -0.25) is 14.2 Å². The summed E-state index contributed by atoms with van der Waals surface area (Å²) in [6.07, 6.45) is 2.75. The molecule has 3 aromatic rings. The summed E-state index contributed by atoms with van der Waals surface area (Å²) in [5.74, 6) is -0.569. The minimum atomic E-state index is -0.389. The molecule has 1 aliphatic carbocycles. The highest BCUT2D eigenvalue weighted by Crippen LogP contribution is 2.39. The lowest BCUT2D eigenvalue weighted by Gasteiger charge is -2.16. The second-order valence-corrected chi connectivity index (χ2v) is 9.85. The highest BCUT2D eigenvalue weighted by atomic mass is 32.2. The first-order valence-electron chi connectivity index (χ1n) is 10.7. The van der Waals surface area contributed by atoms with E-state index in [9.17, 15) is 14.4 Å². The van der Waals surface area contributed by atoms with Crippen molar-refractivity contribution < 1.29 is 14.3 Å². The van der Waals surface area contributed by atoms with Gasteiger partial charge in [0.25, 0.3) is 5.56 Å². The Labute approximate surface area is 194 Å². The van der Waals surface area contributed by atoms with Crippen LogP contribution in [0.3, 0.4) is 0 Å². The maximum atomic E-state index is 12.9. The fourth-order valence-electron chi connectivity index (χ4n) is 3.89.